The molecular formula is C14H18BrClN4O. The van der Waals surface area contributed by atoms with Gasteiger partial charge in [-0.3, -0.25) is 4.79 Å². The number of nitrogens with one attached hydrogen (secondary N) is 1. The quantitative estimate of drug-likeness (QED) is 0.865. The van der Waals surface area contributed by atoms with Crippen molar-refractivity contribution >= 4 is 39.9 Å². The van der Waals surface area contributed by atoms with Crippen molar-refractivity contribution in [2.75, 3.05) is 5.32 Å². The fraction of sp³-hybridized carbons (Fsp3) is 0.286. The summed E-state index contributed by atoms with van der Waals surface area (Å²) in [7, 11) is 0. The zero-order chi connectivity index (χ0) is 14.7. The maximum absolute atomic E-state index is 11.9. The van der Waals surface area contributed by atoms with Gasteiger partial charge in [-0.25, -0.2) is 4.68 Å². The fourth-order valence-corrected chi connectivity index (χ4v) is 2.15. The Labute approximate surface area is 138 Å². The van der Waals surface area contributed by atoms with Gasteiger partial charge in [-0.1, -0.05) is 26.0 Å². The highest BCUT2D eigenvalue weighted by Crippen LogP contribution is 2.21. The lowest BCUT2D eigenvalue weighted by molar-refractivity contribution is -0.118. The summed E-state index contributed by atoms with van der Waals surface area (Å²) in [6, 6.07) is 7.20. The Hall–Kier alpha value is -1.37. The smallest absolute Gasteiger partial charge is 0.241 e. The molecule has 1 amide bonds. The second-order valence-corrected chi connectivity index (χ2v) is 5.74. The van der Waals surface area contributed by atoms with E-state index in [1.807, 2.05) is 38.1 Å². The molecule has 1 aromatic carbocycles. The number of hydrogen-bond acceptors (Lipinski definition) is 3. The number of anilines is 1. The Morgan fingerprint density at radius 1 is 1.38 bits per heavy atom. The molecule has 0 aliphatic rings. The number of aromatic nitrogens is 2. The summed E-state index contributed by atoms with van der Waals surface area (Å²) >= 11 is 3.47. The van der Waals surface area contributed by atoms with E-state index in [0.717, 1.165) is 10.2 Å². The van der Waals surface area contributed by atoms with Gasteiger partial charge in [0.15, 0.2) is 0 Å². The molecule has 0 bridgehead atoms. The monoisotopic (exact) mass is 372 g/mol. The fourth-order valence-electron chi connectivity index (χ4n) is 1.68. The molecule has 2 aromatic rings. The van der Waals surface area contributed by atoms with Gasteiger partial charge in [-0.05, 0) is 34.0 Å². The molecule has 5 nitrogen and oxygen atoms in total. The first kappa shape index (κ1) is 17.7. The van der Waals surface area contributed by atoms with E-state index < -0.39 is 6.04 Å². The highest BCUT2D eigenvalue weighted by atomic mass is 79.9. The molecule has 3 N–H and O–H groups in total. The van der Waals surface area contributed by atoms with Crippen molar-refractivity contribution in [3.8, 4) is 5.69 Å². The van der Waals surface area contributed by atoms with Gasteiger partial charge in [-0.2, -0.15) is 5.10 Å². The van der Waals surface area contributed by atoms with Crippen molar-refractivity contribution < 1.29 is 4.79 Å². The number of nitrogens with zero attached hydrogens (tertiary/aromatic N) is 2. The number of benzene rings is 1. The third-order valence-electron chi connectivity index (χ3n) is 2.97. The Bertz CT molecular complexity index is 615. The molecule has 0 unspecified atom stereocenters. The zero-order valence-electron chi connectivity index (χ0n) is 11.8. The standard InChI is InChI=1S/C14H17BrN4O.ClH/c1-9(2)13(16)14(20)18-10-7-17-19(8-10)12-6-4-3-5-11(12)15;/h3-9,13H,16H2,1-2H3,(H,18,20);1H/t13-;/m0./s1. The lowest BCUT2D eigenvalue weighted by atomic mass is 10.1. The minimum absolute atomic E-state index is 0. The first-order chi connectivity index (χ1) is 9.49. The van der Waals surface area contributed by atoms with Crippen LogP contribution in [-0.2, 0) is 4.79 Å². The summed E-state index contributed by atoms with van der Waals surface area (Å²) in [6.07, 6.45) is 3.36. The first-order valence-electron chi connectivity index (χ1n) is 6.35. The van der Waals surface area contributed by atoms with Crippen LogP contribution in [0.5, 0.6) is 0 Å². The molecule has 0 fully saturated rings. The summed E-state index contributed by atoms with van der Waals surface area (Å²) in [5, 5.41) is 7.01. The molecule has 114 valence electrons. The van der Waals surface area contributed by atoms with Crippen LogP contribution in [0.25, 0.3) is 5.69 Å². The first-order valence-corrected chi connectivity index (χ1v) is 7.14. The molecule has 21 heavy (non-hydrogen) atoms. The molecular weight excluding hydrogens is 356 g/mol. The number of rotatable bonds is 4. The van der Waals surface area contributed by atoms with E-state index in [1.54, 1.807) is 17.1 Å². The van der Waals surface area contributed by atoms with Crippen molar-refractivity contribution in [2.45, 2.75) is 19.9 Å². The van der Waals surface area contributed by atoms with Gasteiger partial charge in [0.2, 0.25) is 5.91 Å². The van der Waals surface area contributed by atoms with Gasteiger partial charge < -0.3 is 11.1 Å². The lowest BCUT2D eigenvalue weighted by Gasteiger charge is -2.14. The van der Waals surface area contributed by atoms with Crippen LogP contribution in [-0.4, -0.2) is 21.7 Å². The van der Waals surface area contributed by atoms with Gasteiger partial charge in [0.05, 0.1) is 29.8 Å². The average molecular weight is 374 g/mol. The van der Waals surface area contributed by atoms with Crippen LogP contribution < -0.4 is 11.1 Å². The van der Waals surface area contributed by atoms with Crippen LogP contribution in [0.3, 0.4) is 0 Å². The second kappa shape index (κ2) is 7.59. The van der Waals surface area contributed by atoms with Crippen LogP contribution in [0.15, 0.2) is 41.1 Å². The number of para-hydroxylation sites is 1. The Kier molecular flexibility index (Phi) is 6.39. The van der Waals surface area contributed by atoms with E-state index in [1.165, 1.54) is 0 Å². The van der Waals surface area contributed by atoms with Gasteiger partial charge in [0, 0.05) is 4.47 Å². The van der Waals surface area contributed by atoms with E-state index >= 15 is 0 Å². The number of halogens is 2. The molecule has 0 aliphatic heterocycles. The van der Waals surface area contributed by atoms with Gasteiger partial charge >= 0.3 is 0 Å². The molecule has 1 aromatic heterocycles. The van der Waals surface area contributed by atoms with Crippen LogP contribution >= 0.6 is 28.3 Å². The normalized spacial score (nSPS) is 11.9. The highest BCUT2D eigenvalue weighted by molar-refractivity contribution is 9.10. The summed E-state index contributed by atoms with van der Waals surface area (Å²) in [5.74, 6) is -0.111. The second-order valence-electron chi connectivity index (χ2n) is 4.88. The predicted molar refractivity (Wildman–Crippen MR) is 90.0 cm³/mol. The highest BCUT2D eigenvalue weighted by Gasteiger charge is 2.17. The minimum atomic E-state index is -0.526. The van der Waals surface area contributed by atoms with Crippen molar-refractivity contribution in [1.29, 1.82) is 0 Å². The van der Waals surface area contributed by atoms with E-state index in [2.05, 4.69) is 26.3 Å². The molecule has 2 rings (SSSR count). The van der Waals surface area contributed by atoms with E-state index in [9.17, 15) is 4.79 Å². The molecule has 0 radical (unpaired) electrons. The molecule has 0 aliphatic carbocycles. The Balaban J connectivity index is 0.00000220. The summed E-state index contributed by atoms with van der Waals surface area (Å²) in [5.41, 5.74) is 7.33. The third kappa shape index (κ3) is 4.30. The van der Waals surface area contributed by atoms with E-state index in [-0.39, 0.29) is 24.2 Å². The Morgan fingerprint density at radius 2 is 2.05 bits per heavy atom. The van der Waals surface area contributed by atoms with E-state index in [4.69, 9.17) is 5.73 Å². The number of carbonyl (C=O) groups is 1. The predicted octanol–water partition coefficient (Wildman–Crippen LogP) is 2.98. The molecule has 1 atom stereocenters. The number of amides is 1. The minimum Gasteiger partial charge on any atom is -0.322 e. The molecule has 0 saturated heterocycles. The summed E-state index contributed by atoms with van der Waals surface area (Å²) in [4.78, 5) is 11.9. The van der Waals surface area contributed by atoms with Crippen LogP contribution in [0, 0.1) is 5.92 Å². The van der Waals surface area contributed by atoms with E-state index in [0.29, 0.717) is 5.69 Å². The topological polar surface area (TPSA) is 72.9 Å². The van der Waals surface area contributed by atoms with Gasteiger partial charge in [0.1, 0.15) is 0 Å². The summed E-state index contributed by atoms with van der Waals surface area (Å²) < 4.78 is 2.63. The maximum Gasteiger partial charge on any atom is 0.241 e. The molecule has 7 heteroatoms. The maximum atomic E-state index is 11.9. The number of hydrogen-bond donors (Lipinski definition) is 2. The number of carbonyl (C=O) groups excluding carboxylic acids is 1. The lowest BCUT2D eigenvalue weighted by Crippen LogP contribution is -2.39. The van der Waals surface area contributed by atoms with Crippen LogP contribution in [0.2, 0.25) is 0 Å². The average Bonchev–Trinajstić information content (AvgIpc) is 2.86. The number of nitrogens with two attached hydrogens (primary N) is 1. The SMILES string of the molecule is CC(C)[C@H](N)C(=O)Nc1cnn(-c2ccccc2Br)c1.Cl. The van der Waals surface area contributed by atoms with Crippen molar-refractivity contribution in [2.24, 2.45) is 11.7 Å². The van der Waals surface area contributed by atoms with Gasteiger partial charge in [-0.15, -0.1) is 12.4 Å². The molecule has 0 spiro atoms. The molecule has 1 heterocycles. The van der Waals surface area contributed by atoms with Crippen molar-refractivity contribution in [1.82, 2.24) is 9.78 Å². The van der Waals surface area contributed by atoms with Crippen LogP contribution in [0.1, 0.15) is 13.8 Å². The summed E-state index contributed by atoms with van der Waals surface area (Å²) in [6.45, 7) is 3.82. The zero-order valence-corrected chi connectivity index (χ0v) is 14.2. The van der Waals surface area contributed by atoms with Crippen LogP contribution in [0.4, 0.5) is 5.69 Å². The van der Waals surface area contributed by atoms with Crippen molar-refractivity contribution in [3.05, 3.63) is 41.1 Å². The van der Waals surface area contributed by atoms with Gasteiger partial charge in [0.25, 0.3) is 0 Å². The largest absolute Gasteiger partial charge is 0.322 e. The third-order valence-corrected chi connectivity index (χ3v) is 3.64. The van der Waals surface area contributed by atoms with Crippen molar-refractivity contribution in [3.63, 3.8) is 0 Å². The molecule has 0 saturated carbocycles. The Morgan fingerprint density at radius 3 is 2.67 bits per heavy atom.